The fourth-order valence-electron chi connectivity index (χ4n) is 4.55. The van der Waals surface area contributed by atoms with Gasteiger partial charge in [0.05, 0.1) is 20.3 Å². The SMILES string of the molecule is COc1cc2c(cc1OC)[C@H](CNC(=O)Nc1ccc(C)cc1)N(Cc1cccc(C)c1)CC2. The Labute approximate surface area is 201 Å². The van der Waals surface area contributed by atoms with E-state index in [0.717, 1.165) is 42.1 Å². The molecule has 4 rings (SSSR count). The molecular weight excluding hydrogens is 426 g/mol. The van der Waals surface area contributed by atoms with Crippen LogP contribution in [0.5, 0.6) is 11.5 Å². The third-order valence-electron chi connectivity index (χ3n) is 6.35. The second-order valence-electron chi connectivity index (χ2n) is 8.83. The molecule has 0 fully saturated rings. The van der Waals surface area contributed by atoms with Crippen molar-refractivity contribution in [2.75, 3.05) is 32.6 Å². The van der Waals surface area contributed by atoms with Crippen LogP contribution in [0.25, 0.3) is 0 Å². The van der Waals surface area contributed by atoms with E-state index in [4.69, 9.17) is 9.47 Å². The van der Waals surface area contributed by atoms with Crippen LogP contribution in [0.2, 0.25) is 0 Å². The average molecular weight is 460 g/mol. The number of nitrogens with zero attached hydrogens (tertiary/aromatic N) is 1. The van der Waals surface area contributed by atoms with Gasteiger partial charge in [-0.25, -0.2) is 4.79 Å². The van der Waals surface area contributed by atoms with Crippen LogP contribution in [0.4, 0.5) is 10.5 Å². The highest BCUT2D eigenvalue weighted by Gasteiger charge is 2.29. The van der Waals surface area contributed by atoms with Crippen molar-refractivity contribution in [3.05, 3.63) is 88.5 Å². The first-order valence-corrected chi connectivity index (χ1v) is 11.6. The van der Waals surface area contributed by atoms with Crippen molar-refractivity contribution >= 4 is 11.7 Å². The van der Waals surface area contributed by atoms with Gasteiger partial charge >= 0.3 is 6.03 Å². The monoisotopic (exact) mass is 459 g/mol. The van der Waals surface area contributed by atoms with Gasteiger partial charge in [-0.1, -0.05) is 47.5 Å². The smallest absolute Gasteiger partial charge is 0.319 e. The Hall–Kier alpha value is -3.51. The molecule has 0 saturated heterocycles. The third-order valence-corrected chi connectivity index (χ3v) is 6.35. The molecule has 178 valence electrons. The van der Waals surface area contributed by atoms with Crippen molar-refractivity contribution in [3.63, 3.8) is 0 Å². The van der Waals surface area contributed by atoms with Crippen molar-refractivity contribution in [1.29, 1.82) is 0 Å². The molecule has 0 aliphatic carbocycles. The molecule has 3 aromatic carbocycles. The highest BCUT2D eigenvalue weighted by Crippen LogP contribution is 2.38. The van der Waals surface area contributed by atoms with Gasteiger partial charge in [0.2, 0.25) is 0 Å². The van der Waals surface area contributed by atoms with E-state index in [0.29, 0.717) is 12.3 Å². The van der Waals surface area contributed by atoms with E-state index in [1.807, 2.05) is 31.2 Å². The number of nitrogens with one attached hydrogen (secondary N) is 2. The molecule has 1 aliphatic rings. The van der Waals surface area contributed by atoms with Gasteiger partial charge < -0.3 is 20.1 Å². The summed E-state index contributed by atoms with van der Waals surface area (Å²) in [5.41, 5.74) is 6.82. The second-order valence-corrected chi connectivity index (χ2v) is 8.83. The minimum Gasteiger partial charge on any atom is -0.493 e. The van der Waals surface area contributed by atoms with Crippen LogP contribution >= 0.6 is 0 Å². The molecule has 6 nitrogen and oxygen atoms in total. The number of urea groups is 1. The number of hydrogen-bond donors (Lipinski definition) is 2. The van der Waals surface area contributed by atoms with Crippen molar-refractivity contribution in [1.82, 2.24) is 10.2 Å². The van der Waals surface area contributed by atoms with Gasteiger partial charge in [-0.15, -0.1) is 0 Å². The highest BCUT2D eigenvalue weighted by atomic mass is 16.5. The van der Waals surface area contributed by atoms with Crippen molar-refractivity contribution in [3.8, 4) is 11.5 Å². The van der Waals surface area contributed by atoms with Crippen LogP contribution < -0.4 is 20.1 Å². The Morgan fingerprint density at radius 2 is 1.71 bits per heavy atom. The number of ether oxygens (including phenoxy) is 2. The summed E-state index contributed by atoms with van der Waals surface area (Å²) < 4.78 is 11.1. The molecule has 0 saturated carbocycles. The molecule has 0 radical (unpaired) electrons. The standard InChI is InChI=1S/C28H33N3O3/c1-19-8-10-23(11-9-19)30-28(32)29-17-25-24-16-27(34-4)26(33-3)15-22(24)12-13-31(25)18-21-7-5-6-20(2)14-21/h5-11,14-16,25H,12-13,17-18H2,1-4H3,(H2,29,30,32)/t25-/m0/s1. The van der Waals surface area contributed by atoms with Crippen LogP contribution in [0.1, 0.15) is 33.9 Å². The molecule has 1 atom stereocenters. The van der Waals surface area contributed by atoms with Crippen LogP contribution in [0.15, 0.2) is 60.7 Å². The summed E-state index contributed by atoms with van der Waals surface area (Å²) in [4.78, 5) is 15.1. The van der Waals surface area contributed by atoms with Gasteiger partial charge in [0, 0.05) is 25.3 Å². The van der Waals surface area contributed by atoms with Gasteiger partial charge in [-0.05, 0) is 61.2 Å². The van der Waals surface area contributed by atoms with Crippen LogP contribution in [-0.2, 0) is 13.0 Å². The molecule has 6 heteroatoms. The van der Waals surface area contributed by atoms with Crippen molar-refractivity contribution < 1.29 is 14.3 Å². The van der Waals surface area contributed by atoms with E-state index in [-0.39, 0.29) is 12.1 Å². The molecule has 2 amide bonds. The number of aryl methyl sites for hydroxylation is 2. The highest BCUT2D eigenvalue weighted by molar-refractivity contribution is 5.89. The summed E-state index contributed by atoms with van der Waals surface area (Å²) in [6.07, 6.45) is 0.910. The van der Waals surface area contributed by atoms with E-state index < -0.39 is 0 Å². The molecule has 34 heavy (non-hydrogen) atoms. The number of benzene rings is 3. The van der Waals surface area contributed by atoms with Crippen molar-refractivity contribution in [2.24, 2.45) is 0 Å². The van der Waals surface area contributed by atoms with E-state index in [2.05, 4.69) is 58.9 Å². The normalized spacial score (nSPS) is 15.4. The summed E-state index contributed by atoms with van der Waals surface area (Å²) >= 11 is 0. The maximum Gasteiger partial charge on any atom is 0.319 e. The largest absolute Gasteiger partial charge is 0.493 e. The quantitative estimate of drug-likeness (QED) is 0.507. The fourth-order valence-corrected chi connectivity index (χ4v) is 4.55. The van der Waals surface area contributed by atoms with Crippen LogP contribution in [0, 0.1) is 13.8 Å². The number of rotatable bonds is 7. The minimum atomic E-state index is -0.216. The molecule has 0 spiro atoms. The van der Waals surface area contributed by atoms with Gasteiger partial charge in [0.25, 0.3) is 0 Å². The Morgan fingerprint density at radius 3 is 2.41 bits per heavy atom. The summed E-state index contributed by atoms with van der Waals surface area (Å²) in [5.74, 6) is 1.44. The van der Waals surface area contributed by atoms with E-state index in [1.54, 1.807) is 14.2 Å². The second kappa shape index (κ2) is 10.6. The lowest BCUT2D eigenvalue weighted by molar-refractivity contribution is 0.172. The Kier molecular flexibility index (Phi) is 7.38. The van der Waals surface area contributed by atoms with Crippen LogP contribution in [-0.4, -0.2) is 38.2 Å². The topological polar surface area (TPSA) is 62.8 Å². The molecule has 0 aromatic heterocycles. The number of carbonyl (C=O) groups is 1. The third kappa shape index (κ3) is 5.51. The lowest BCUT2D eigenvalue weighted by atomic mass is 9.91. The van der Waals surface area contributed by atoms with E-state index in [1.165, 1.54) is 16.7 Å². The maximum absolute atomic E-state index is 12.7. The summed E-state index contributed by atoms with van der Waals surface area (Å²) in [7, 11) is 3.31. The first-order chi connectivity index (χ1) is 16.5. The zero-order valence-corrected chi connectivity index (χ0v) is 20.4. The zero-order valence-electron chi connectivity index (χ0n) is 20.4. The van der Waals surface area contributed by atoms with Gasteiger partial charge in [0.15, 0.2) is 11.5 Å². The Balaban J connectivity index is 1.57. The molecule has 0 bridgehead atoms. The lowest BCUT2D eigenvalue weighted by Gasteiger charge is -2.38. The minimum absolute atomic E-state index is 0.00726. The molecular formula is C28H33N3O3. The maximum atomic E-state index is 12.7. The first-order valence-electron chi connectivity index (χ1n) is 11.6. The Morgan fingerprint density at radius 1 is 0.971 bits per heavy atom. The van der Waals surface area contributed by atoms with Gasteiger partial charge in [0.1, 0.15) is 0 Å². The number of fused-ring (bicyclic) bond motifs is 1. The van der Waals surface area contributed by atoms with Gasteiger partial charge in [-0.2, -0.15) is 0 Å². The number of methoxy groups -OCH3 is 2. The van der Waals surface area contributed by atoms with Crippen LogP contribution in [0.3, 0.4) is 0 Å². The molecule has 3 aromatic rings. The van der Waals surface area contributed by atoms with Crippen molar-refractivity contribution in [2.45, 2.75) is 32.9 Å². The Bertz CT molecular complexity index is 1140. The fraction of sp³-hybridized carbons (Fsp3) is 0.321. The van der Waals surface area contributed by atoms with E-state index >= 15 is 0 Å². The number of amides is 2. The number of anilines is 1. The summed E-state index contributed by atoms with van der Waals surface area (Å²) in [5, 5.41) is 6.02. The summed E-state index contributed by atoms with van der Waals surface area (Å²) in [6.45, 7) is 6.31. The van der Waals surface area contributed by atoms with Gasteiger partial charge in [-0.3, -0.25) is 4.90 Å². The number of carbonyl (C=O) groups excluding carboxylic acids is 1. The summed E-state index contributed by atoms with van der Waals surface area (Å²) in [6, 6.07) is 20.3. The average Bonchev–Trinajstić information content (AvgIpc) is 2.84. The predicted molar refractivity (Wildman–Crippen MR) is 136 cm³/mol. The molecule has 1 heterocycles. The number of hydrogen-bond acceptors (Lipinski definition) is 4. The molecule has 1 aliphatic heterocycles. The molecule has 0 unspecified atom stereocenters. The molecule has 2 N–H and O–H groups in total. The lowest BCUT2D eigenvalue weighted by Crippen LogP contribution is -2.42. The van der Waals surface area contributed by atoms with E-state index in [9.17, 15) is 4.79 Å². The zero-order chi connectivity index (χ0) is 24.1. The predicted octanol–water partition coefficient (Wildman–Crippen LogP) is 5.24. The first kappa shape index (κ1) is 23.6.